The highest BCUT2D eigenvalue weighted by Gasteiger charge is 2.25. The van der Waals surface area contributed by atoms with Crippen LogP contribution in [0.15, 0.2) is 59.5 Å². The number of carbonyl (C=O) groups is 1. The average Bonchev–Trinajstić information content (AvgIpc) is 2.63. The molecule has 3 rings (SSSR count). The second-order valence-electron chi connectivity index (χ2n) is 5.63. The van der Waals surface area contributed by atoms with Gasteiger partial charge in [-0.05, 0) is 49.1 Å². The summed E-state index contributed by atoms with van der Waals surface area (Å²) in [5.41, 5.74) is 0.971. The van der Waals surface area contributed by atoms with Crippen molar-refractivity contribution >= 4 is 39.5 Å². The molecule has 0 spiro atoms. The average molecular weight is 439 g/mol. The van der Waals surface area contributed by atoms with Gasteiger partial charge in [0.15, 0.2) is 4.90 Å². The van der Waals surface area contributed by atoms with Crippen molar-refractivity contribution in [3.8, 4) is 5.75 Å². The van der Waals surface area contributed by atoms with Crippen LogP contribution >= 0.6 is 22.6 Å². The lowest BCUT2D eigenvalue weighted by Crippen LogP contribution is -2.17. The summed E-state index contributed by atoms with van der Waals surface area (Å²) in [5, 5.41) is 0. The predicted molar refractivity (Wildman–Crippen MR) is 104 cm³/mol. The van der Waals surface area contributed by atoms with Crippen LogP contribution in [0.4, 0.5) is 0 Å². The molecule has 2 aromatic rings. The number of rotatable bonds is 4. The first kappa shape index (κ1) is 16.8. The molecule has 1 aliphatic rings. The molecule has 1 saturated heterocycles. The topological polar surface area (TPSA) is 26.3 Å². The van der Waals surface area contributed by atoms with E-state index in [1.165, 1.54) is 35.7 Å². The predicted octanol–water partition coefficient (Wildman–Crippen LogP) is 4.93. The second kappa shape index (κ2) is 8.20. The van der Waals surface area contributed by atoms with E-state index in [4.69, 9.17) is 4.74 Å². The highest BCUT2D eigenvalue weighted by atomic mass is 127. The number of hydrogen-bond acceptors (Lipinski definition) is 2. The van der Waals surface area contributed by atoms with Crippen molar-refractivity contribution in [2.75, 3.05) is 11.5 Å². The molecule has 0 amide bonds. The van der Waals surface area contributed by atoms with Gasteiger partial charge in [0.25, 0.3) is 0 Å². The van der Waals surface area contributed by atoms with Gasteiger partial charge in [-0.3, -0.25) is 4.79 Å². The Morgan fingerprint density at radius 2 is 1.61 bits per heavy atom. The van der Waals surface area contributed by atoms with Crippen molar-refractivity contribution in [3.05, 3.63) is 60.2 Å². The molecule has 1 aliphatic heterocycles. The zero-order valence-electron chi connectivity index (χ0n) is 12.9. The summed E-state index contributed by atoms with van der Waals surface area (Å²) in [6.07, 6.45) is 4.05. The molecule has 0 aliphatic carbocycles. The first-order chi connectivity index (χ1) is 11.2. The molecule has 0 N–H and O–H groups in total. The fraction of sp³-hybridized carbons (Fsp3) is 0.316. The molecule has 120 valence electrons. The number of halogens is 1. The molecule has 0 bridgehead atoms. The fourth-order valence-electron chi connectivity index (χ4n) is 2.69. The number of carbonyl (C=O) groups excluding carboxylic acids is 1. The van der Waals surface area contributed by atoms with Gasteiger partial charge in [-0.15, -0.1) is 0 Å². The van der Waals surface area contributed by atoms with E-state index in [0.717, 1.165) is 5.56 Å². The highest BCUT2D eigenvalue weighted by molar-refractivity contribution is 14.1. The van der Waals surface area contributed by atoms with E-state index in [1.807, 2.05) is 42.5 Å². The van der Waals surface area contributed by atoms with Crippen molar-refractivity contribution in [1.82, 2.24) is 0 Å². The van der Waals surface area contributed by atoms with Gasteiger partial charge >= 0.3 is 5.97 Å². The number of benzene rings is 2. The van der Waals surface area contributed by atoms with E-state index < -0.39 is 0 Å². The van der Waals surface area contributed by atoms with Gasteiger partial charge in [-0.2, -0.15) is 0 Å². The number of alkyl halides is 1. The molecule has 1 atom stereocenters. The van der Waals surface area contributed by atoms with Crippen molar-refractivity contribution in [2.24, 2.45) is 0 Å². The third-order valence-corrected chi connectivity index (χ3v) is 7.69. The summed E-state index contributed by atoms with van der Waals surface area (Å²) in [6, 6.07) is 17.8. The fourth-order valence-corrected chi connectivity index (χ4v) is 5.54. The van der Waals surface area contributed by atoms with Crippen LogP contribution in [0.25, 0.3) is 0 Å². The molecular formula is C19H20IO2S+. The lowest BCUT2D eigenvalue weighted by Gasteiger charge is -2.14. The molecule has 1 unspecified atom stereocenters. The van der Waals surface area contributed by atoms with E-state index in [1.54, 1.807) is 0 Å². The third-order valence-electron chi connectivity index (χ3n) is 3.96. The van der Waals surface area contributed by atoms with Crippen LogP contribution in [-0.4, -0.2) is 17.5 Å². The Bertz CT molecular complexity index is 636. The molecule has 23 heavy (non-hydrogen) atoms. The Hall–Kier alpha value is -1.01. The van der Waals surface area contributed by atoms with Crippen LogP contribution in [0.2, 0.25) is 0 Å². The Labute approximate surface area is 154 Å². The molecule has 2 aromatic carbocycles. The van der Waals surface area contributed by atoms with E-state index in [9.17, 15) is 4.79 Å². The van der Waals surface area contributed by atoms with E-state index in [-0.39, 0.29) is 9.89 Å². The maximum atomic E-state index is 12.3. The summed E-state index contributed by atoms with van der Waals surface area (Å²) in [7, 11) is 0.391. The number of ether oxygens (including phenoxy) is 1. The van der Waals surface area contributed by atoms with Gasteiger partial charge in [-0.1, -0.05) is 52.9 Å². The standard InChI is InChI=1S/C19H20IO2S/c20-18(15-7-3-1-4-8-15)19(21)22-16-9-11-17(12-10-16)23-13-5-2-6-14-23/h1,3-4,7-12,18H,2,5-6,13-14H2/q+1. The quantitative estimate of drug-likeness (QED) is 0.222. The van der Waals surface area contributed by atoms with Gasteiger partial charge in [0, 0.05) is 10.9 Å². The molecule has 1 heterocycles. The summed E-state index contributed by atoms with van der Waals surface area (Å²) in [5.74, 6) is 3.04. The van der Waals surface area contributed by atoms with Crippen molar-refractivity contribution in [2.45, 2.75) is 28.1 Å². The molecule has 2 nitrogen and oxygen atoms in total. The largest absolute Gasteiger partial charge is 0.426 e. The van der Waals surface area contributed by atoms with Gasteiger partial charge in [0.1, 0.15) is 21.2 Å². The van der Waals surface area contributed by atoms with Gasteiger partial charge in [-0.25, -0.2) is 0 Å². The van der Waals surface area contributed by atoms with E-state index in [2.05, 4.69) is 34.7 Å². The summed E-state index contributed by atoms with van der Waals surface area (Å²) in [6.45, 7) is 0. The van der Waals surface area contributed by atoms with Crippen molar-refractivity contribution < 1.29 is 9.53 Å². The minimum absolute atomic E-state index is 0.218. The van der Waals surface area contributed by atoms with E-state index >= 15 is 0 Å². The Balaban J connectivity index is 1.62. The SMILES string of the molecule is O=C(Oc1ccc([S+]2CCCCC2)cc1)C(I)c1ccccc1. The lowest BCUT2D eigenvalue weighted by atomic mass is 10.1. The Kier molecular flexibility index (Phi) is 6.00. The molecule has 1 fully saturated rings. The van der Waals surface area contributed by atoms with Crippen LogP contribution in [0.5, 0.6) is 5.75 Å². The van der Waals surface area contributed by atoms with Gasteiger partial charge in [0.2, 0.25) is 0 Å². The van der Waals surface area contributed by atoms with Crippen LogP contribution in [-0.2, 0) is 15.7 Å². The zero-order valence-corrected chi connectivity index (χ0v) is 15.9. The van der Waals surface area contributed by atoms with Crippen LogP contribution < -0.4 is 4.74 Å². The van der Waals surface area contributed by atoms with E-state index in [0.29, 0.717) is 16.6 Å². The molecular weight excluding hydrogens is 419 g/mol. The molecule has 0 aromatic heterocycles. The maximum Gasteiger partial charge on any atom is 0.328 e. The van der Waals surface area contributed by atoms with Crippen LogP contribution in [0.1, 0.15) is 28.8 Å². The molecule has 0 radical (unpaired) electrons. The second-order valence-corrected chi connectivity index (χ2v) is 9.15. The first-order valence-corrected chi connectivity index (χ1v) is 10.7. The van der Waals surface area contributed by atoms with Crippen molar-refractivity contribution in [3.63, 3.8) is 0 Å². The monoisotopic (exact) mass is 439 g/mol. The third kappa shape index (κ3) is 4.51. The Morgan fingerprint density at radius 1 is 0.957 bits per heavy atom. The smallest absolute Gasteiger partial charge is 0.328 e. The number of esters is 1. The highest BCUT2D eigenvalue weighted by Crippen LogP contribution is 2.27. The minimum Gasteiger partial charge on any atom is -0.426 e. The molecule has 0 saturated carbocycles. The maximum absolute atomic E-state index is 12.3. The first-order valence-electron chi connectivity index (χ1n) is 7.92. The summed E-state index contributed by atoms with van der Waals surface area (Å²) < 4.78 is 5.25. The van der Waals surface area contributed by atoms with Gasteiger partial charge < -0.3 is 4.74 Å². The normalized spacial score (nSPS) is 16.7. The number of hydrogen-bond donors (Lipinski definition) is 0. The van der Waals surface area contributed by atoms with Gasteiger partial charge in [0.05, 0.1) is 0 Å². The minimum atomic E-state index is -0.284. The van der Waals surface area contributed by atoms with Crippen LogP contribution in [0, 0.1) is 0 Å². The van der Waals surface area contributed by atoms with Crippen molar-refractivity contribution in [1.29, 1.82) is 0 Å². The zero-order chi connectivity index (χ0) is 16.1. The summed E-state index contributed by atoms with van der Waals surface area (Å²) in [4.78, 5) is 13.7. The summed E-state index contributed by atoms with van der Waals surface area (Å²) >= 11 is 2.13. The van der Waals surface area contributed by atoms with Crippen LogP contribution in [0.3, 0.4) is 0 Å². The Morgan fingerprint density at radius 3 is 2.26 bits per heavy atom. The lowest BCUT2D eigenvalue weighted by molar-refractivity contribution is -0.133. The molecule has 4 heteroatoms.